The van der Waals surface area contributed by atoms with E-state index in [1.165, 1.54) is 0 Å². The highest BCUT2D eigenvalue weighted by Crippen LogP contribution is 2.10. The van der Waals surface area contributed by atoms with E-state index in [1.54, 1.807) is 13.8 Å². The first-order valence-corrected chi connectivity index (χ1v) is 6.66. The molecule has 0 spiro atoms. The molecule has 1 unspecified atom stereocenters. The highest BCUT2D eigenvalue weighted by molar-refractivity contribution is 7.90. The molecule has 0 radical (unpaired) electrons. The third-order valence-electron chi connectivity index (χ3n) is 2.40. The Morgan fingerprint density at radius 3 is 2.64 bits per heavy atom. The molecule has 0 aliphatic carbocycles. The molecule has 4 nitrogen and oxygen atoms in total. The average molecular weight is 221 g/mol. The Morgan fingerprint density at radius 2 is 2.00 bits per heavy atom. The second-order valence-electron chi connectivity index (χ2n) is 3.95. The lowest BCUT2D eigenvalue weighted by Gasteiger charge is -2.17. The lowest BCUT2D eigenvalue weighted by molar-refractivity contribution is 0.143. The molecule has 0 aromatic carbocycles. The van der Waals surface area contributed by atoms with Crippen molar-refractivity contribution in [3.8, 4) is 0 Å². The minimum Gasteiger partial charge on any atom is -0.381 e. The number of nitrogens with one attached hydrogen (secondary N) is 1. The van der Waals surface area contributed by atoms with Crippen LogP contribution >= 0.6 is 0 Å². The molecule has 5 heteroatoms. The Hall–Kier alpha value is -0.130. The zero-order chi connectivity index (χ0) is 10.6. The summed E-state index contributed by atoms with van der Waals surface area (Å²) < 4.78 is 31.1. The van der Waals surface area contributed by atoms with E-state index >= 15 is 0 Å². The van der Waals surface area contributed by atoms with Gasteiger partial charge in [-0.15, -0.1) is 0 Å². The third kappa shape index (κ3) is 3.55. The van der Waals surface area contributed by atoms with E-state index < -0.39 is 10.0 Å². The van der Waals surface area contributed by atoms with Crippen molar-refractivity contribution in [3.05, 3.63) is 0 Å². The Morgan fingerprint density at radius 1 is 1.29 bits per heavy atom. The maximum atomic E-state index is 11.6. The molecule has 0 amide bonds. The van der Waals surface area contributed by atoms with Crippen LogP contribution in [-0.2, 0) is 14.8 Å². The quantitative estimate of drug-likeness (QED) is 0.770. The van der Waals surface area contributed by atoms with Crippen molar-refractivity contribution in [2.45, 2.75) is 44.4 Å². The molecule has 1 heterocycles. The van der Waals surface area contributed by atoms with E-state index in [1.807, 2.05) is 0 Å². The van der Waals surface area contributed by atoms with Gasteiger partial charge in [0.2, 0.25) is 10.0 Å². The van der Waals surface area contributed by atoms with E-state index in [9.17, 15) is 8.42 Å². The molecule has 0 aromatic heterocycles. The van der Waals surface area contributed by atoms with Crippen LogP contribution in [0.3, 0.4) is 0 Å². The zero-order valence-corrected chi connectivity index (χ0v) is 9.64. The molecular formula is C9H19NO3S. The number of hydrogen-bond donors (Lipinski definition) is 1. The second kappa shape index (κ2) is 5.09. The van der Waals surface area contributed by atoms with Gasteiger partial charge < -0.3 is 4.74 Å². The minimum atomic E-state index is -3.12. The smallest absolute Gasteiger partial charge is 0.214 e. The molecule has 0 saturated carbocycles. The highest BCUT2D eigenvalue weighted by Gasteiger charge is 2.21. The third-order valence-corrected chi connectivity index (χ3v) is 4.31. The number of hydrogen-bond acceptors (Lipinski definition) is 3. The molecular weight excluding hydrogens is 202 g/mol. The van der Waals surface area contributed by atoms with Crippen LogP contribution in [0.25, 0.3) is 0 Å². The van der Waals surface area contributed by atoms with Crippen LogP contribution in [0, 0.1) is 0 Å². The minimum absolute atomic E-state index is 0.0601. The van der Waals surface area contributed by atoms with Crippen molar-refractivity contribution in [2.24, 2.45) is 0 Å². The maximum Gasteiger partial charge on any atom is 0.214 e. The van der Waals surface area contributed by atoms with Crippen LogP contribution < -0.4 is 4.72 Å². The van der Waals surface area contributed by atoms with Crippen molar-refractivity contribution in [1.82, 2.24) is 4.72 Å². The van der Waals surface area contributed by atoms with Crippen LogP contribution in [0.4, 0.5) is 0 Å². The highest BCUT2D eigenvalue weighted by atomic mass is 32.2. The van der Waals surface area contributed by atoms with E-state index in [-0.39, 0.29) is 11.3 Å². The molecule has 14 heavy (non-hydrogen) atoms. The van der Waals surface area contributed by atoms with Gasteiger partial charge in [0.1, 0.15) is 0 Å². The van der Waals surface area contributed by atoms with Crippen LogP contribution in [-0.4, -0.2) is 32.9 Å². The fourth-order valence-electron chi connectivity index (χ4n) is 1.39. The van der Waals surface area contributed by atoms with Gasteiger partial charge in [0, 0.05) is 19.3 Å². The van der Waals surface area contributed by atoms with Crippen molar-refractivity contribution in [2.75, 3.05) is 13.2 Å². The molecule has 1 atom stereocenters. The van der Waals surface area contributed by atoms with E-state index in [4.69, 9.17) is 4.74 Å². The number of rotatable bonds is 3. The summed E-state index contributed by atoms with van der Waals surface area (Å²) in [5.41, 5.74) is 0. The van der Waals surface area contributed by atoms with Gasteiger partial charge in [0.25, 0.3) is 0 Å². The standard InChI is InChI=1S/C9H19NO3S/c1-8(2)14(11,12)10-9-4-3-6-13-7-5-9/h8-10H,3-7H2,1-2H3. The SMILES string of the molecule is CC(C)S(=O)(=O)NC1CCCOCC1. The van der Waals surface area contributed by atoms with Gasteiger partial charge in [0.15, 0.2) is 0 Å². The Labute approximate surface area is 86.1 Å². The molecule has 0 bridgehead atoms. The predicted octanol–water partition coefficient (Wildman–Crippen LogP) is 0.883. The Kier molecular flexibility index (Phi) is 4.34. The summed E-state index contributed by atoms with van der Waals surface area (Å²) in [5.74, 6) is 0. The van der Waals surface area contributed by atoms with Crippen molar-refractivity contribution < 1.29 is 13.2 Å². The summed E-state index contributed by atoms with van der Waals surface area (Å²) in [4.78, 5) is 0. The zero-order valence-electron chi connectivity index (χ0n) is 8.82. The molecule has 1 saturated heterocycles. The Balaban J connectivity index is 2.50. The van der Waals surface area contributed by atoms with Gasteiger partial charge in [-0.3, -0.25) is 0 Å². The summed E-state index contributed by atoms with van der Waals surface area (Å²) in [6, 6.07) is 0.0601. The van der Waals surface area contributed by atoms with Gasteiger partial charge in [-0.25, -0.2) is 13.1 Å². The monoisotopic (exact) mass is 221 g/mol. The first kappa shape index (κ1) is 11.9. The molecule has 1 rings (SSSR count). The first-order valence-electron chi connectivity index (χ1n) is 5.11. The summed E-state index contributed by atoms with van der Waals surface area (Å²) in [6.07, 6.45) is 2.60. The van der Waals surface area contributed by atoms with Gasteiger partial charge >= 0.3 is 0 Å². The summed E-state index contributed by atoms with van der Waals surface area (Å²) >= 11 is 0. The first-order chi connectivity index (χ1) is 6.52. The Bertz CT molecular complexity index is 253. The van der Waals surface area contributed by atoms with Gasteiger partial charge in [-0.1, -0.05) is 0 Å². The van der Waals surface area contributed by atoms with Crippen molar-refractivity contribution in [1.29, 1.82) is 0 Å². The van der Waals surface area contributed by atoms with Gasteiger partial charge in [0.05, 0.1) is 5.25 Å². The van der Waals surface area contributed by atoms with Crippen molar-refractivity contribution >= 4 is 10.0 Å². The number of ether oxygens (including phenoxy) is 1. The van der Waals surface area contributed by atoms with Crippen LogP contribution in [0.2, 0.25) is 0 Å². The van der Waals surface area contributed by atoms with E-state index in [0.29, 0.717) is 6.61 Å². The summed E-state index contributed by atoms with van der Waals surface area (Å²) in [7, 11) is -3.12. The molecule has 0 aromatic rings. The van der Waals surface area contributed by atoms with Crippen LogP contribution in [0.15, 0.2) is 0 Å². The molecule has 1 aliphatic rings. The normalized spacial score (nSPS) is 24.9. The van der Waals surface area contributed by atoms with Crippen LogP contribution in [0.5, 0.6) is 0 Å². The molecule has 1 N–H and O–H groups in total. The largest absolute Gasteiger partial charge is 0.381 e. The fraction of sp³-hybridized carbons (Fsp3) is 1.00. The topological polar surface area (TPSA) is 55.4 Å². The predicted molar refractivity (Wildman–Crippen MR) is 55.6 cm³/mol. The summed E-state index contributed by atoms with van der Waals surface area (Å²) in [6.45, 7) is 4.79. The van der Waals surface area contributed by atoms with E-state index in [2.05, 4.69) is 4.72 Å². The van der Waals surface area contributed by atoms with Crippen LogP contribution in [0.1, 0.15) is 33.1 Å². The molecule has 84 valence electrons. The van der Waals surface area contributed by atoms with Crippen molar-refractivity contribution in [3.63, 3.8) is 0 Å². The maximum absolute atomic E-state index is 11.6. The lowest BCUT2D eigenvalue weighted by Crippen LogP contribution is -2.39. The van der Waals surface area contributed by atoms with Gasteiger partial charge in [-0.2, -0.15) is 0 Å². The number of sulfonamides is 1. The summed E-state index contributed by atoms with van der Waals surface area (Å²) in [5, 5.41) is -0.355. The fourth-order valence-corrected chi connectivity index (χ4v) is 2.36. The molecule has 1 fully saturated rings. The second-order valence-corrected chi connectivity index (χ2v) is 6.22. The van der Waals surface area contributed by atoms with Gasteiger partial charge in [-0.05, 0) is 33.1 Å². The molecule has 1 aliphatic heterocycles. The van der Waals surface area contributed by atoms with E-state index in [0.717, 1.165) is 25.9 Å². The average Bonchev–Trinajstić information content (AvgIpc) is 2.32. The lowest BCUT2D eigenvalue weighted by atomic mass is 10.1.